The Morgan fingerprint density at radius 2 is 1.73 bits per heavy atom. The summed E-state index contributed by atoms with van der Waals surface area (Å²) in [5.74, 6) is 0.641. The number of nitrogens with one attached hydrogen (secondary N) is 1. The second-order valence-corrected chi connectivity index (χ2v) is 7.39. The summed E-state index contributed by atoms with van der Waals surface area (Å²) in [6.07, 6.45) is 2.85. The van der Waals surface area contributed by atoms with Gasteiger partial charge in [-0.3, -0.25) is 4.79 Å². The van der Waals surface area contributed by atoms with Crippen molar-refractivity contribution >= 4 is 28.9 Å². The first-order valence-corrected chi connectivity index (χ1v) is 9.47. The molecule has 0 radical (unpaired) electrons. The van der Waals surface area contributed by atoms with Crippen LogP contribution >= 0.6 is 11.6 Å². The number of carbonyl (C=O) groups is 1. The van der Waals surface area contributed by atoms with Crippen molar-refractivity contribution < 1.29 is 4.79 Å². The molecule has 2 aromatic rings. The maximum atomic E-state index is 11.9. The monoisotopic (exact) mass is 373 g/mol. The first kappa shape index (κ1) is 20.3. The van der Waals surface area contributed by atoms with Crippen LogP contribution in [0.15, 0.2) is 48.5 Å². The molecule has 1 fully saturated rings. The molecule has 2 aromatic carbocycles. The summed E-state index contributed by atoms with van der Waals surface area (Å²) >= 11 is 5.75. The van der Waals surface area contributed by atoms with Gasteiger partial charge >= 0.3 is 0 Å². The Bertz CT molecular complexity index is 695. The van der Waals surface area contributed by atoms with Gasteiger partial charge in [0.2, 0.25) is 0 Å². The number of anilines is 2. The highest BCUT2D eigenvalue weighted by atomic mass is 35.5. The number of nitrogens with two attached hydrogens (primary N) is 1. The average molecular weight is 374 g/mol. The van der Waals surface area contributed by atoms with Gasteiger partial charge in [0.1, 0.15) is 0 Å². The molecule has 1 amide bonds. The number of para-hydroxylation sites is 2. The summed E-state index contributed by atoms with van der Waals surface area (Å²) in [5.41, 5.74) is 7.42. The van der Waals surface area contributed by atoms with Crippen LogP contribution < -0.4 is 11.1 Å². The summed E-state index contributed by atoms with van der Waals surface area (Å²) in [6, 6.07) is 13.8. The normalized spacial score (nSPS) is 14.0. The third kappa shape index (κ3) is 6.70. The fourth-order valence-corrected chi connectivity index (χ4v) is 3.01. The van der Waals surface area contributed by atoms with E-state index in [2.05, 4.69) is 24.1 Å². The van der Waals surface area contributed by atoms with Crippen molar-refractivity contribution in [1.29, 1.82) is 0 Å². The summed E-state index contributed by atoms with van der Waals surface area (Å²) in [7, 11) is 0. The van der Waals surface area contributed by atoms with E-state index in [1.54, 1.807) is 36.4 Å². The van der Waals surface area contributed by atoms with E-state index in [1.165, 1.54) is 32.5 Å². The number of carbonyl (C=O) groups excluding carboxylic acids is 1. The predicted octanol–water partition coefficient (Wildman–Crippen LogP) is 4.91. The Labute approximate surface area is 161 Å². The first-order chi connectivity index (χ1) is 12.5. The minimum absolute atomic E-state index is 0.209. The van der Waals surface area contributed by atoms with Crippen molar-refractivity contribution in [1.82, 2.24) is 4.90 Å². The van der Waals surface area contributed by atoms with Gasteiger partial charge in [0.15, 0.2) is 0 Å². The summed E-state index contributed by atoms with van der Waals surface area (Å²) in [6.45, 7) is 8.58. The van der Waals surface area contributed by atoms with E-state index >= 15 is 0 Å². The molecule has 0 aromatic heterocycles. The highest BCUT2D eigenvalue weighted by Crippen LogP contribution is 2.18. The van der Waals surface area contributed by atoms with Crippen molar-refractivity contribution in [3.05, 3.63) is 59.1 Å². The summed E-state index contributed by atoms with van der Waals surface area (Å²) < 4.78 is 0. The molecule has 140 valence electrons. The largest absolute Gasteiger partial charge is 0.397 e. The molecule has 0 bridgehead atoms. The molecule has 26 heavy (non-hydrogen) atoms. The van der Waals surface area contributed by atoms with Gasteiger partial charge in [-0.15, -0.1) is 0 Å². The molecule has 4 nitrogen and oxygen atoms in total. The third-order valence-corrected chi connectivity index (χ3v) is 4.39. The van der Waals surface area contributed by atoms with E-state index in [-0.39, 0.29) is 5.91 Å². The SMILES string of the molecule is CC(C)CN1CCCC1.Nc1ccccc1NC(=O)c1ccc(Cl)cc1. The standard InChI is InChI=1S/C13H11ClN2O.C8H17N/c14-10-7-5-9(6-8-10)13(17)16-12-4-2-1-3-11(12)15;1-8(2)7-9-5-3-4-6-9/h1-8H,15H2,(H,16,17);8H,3-7H2,1-2H3. The molecular formula is C21H28ClN3O. The number of hydrogen-bond donors (Lipinski definition) is 2. The molecule has 0 unspecified atom stereocenters. The number of hydrogen-bond acceptors (Lipinski definition) is 3. The van der Waals surface area contributed by atoms with E-state index in [9.17, 15) is 4.79 Å². The highest BCUT2D eigenvalue weighted by Gasteiger charge is 2.11. The van der Waals surface area contributed by atoms with Crippen LogP contribution in [0.5, 0.6) is 0 Å². The van der Waals surface area contributed by atoms with Gasteiger partial charge in [-0.1, -0.05) is 37.6 Å². The quantitative estimate of drug-likeness (QED) is 0.748. The number of nitrogen functional groups attached to an aromatic ring is 1. The zero-order chi connectivity index (χ0) is 18.9. The van der Waals surface area contributed by atoms with Crippen LogP contribution in [-0.4, -0.2) is 30.4 Å². The fourth-order valence-electron chi connectivity index (χ4n) is 2.89. The van der Waals surface area contributed by atoms with E-state index in [0.29, 0.717) is 22.0 Å². The maximum Gasteiger partial charge on any atom is 0.255 e. The molecule has 3 N–H and O–H groups in total. The second-order valence-electron chi connectivity index (χ2n) is 6.95. The molecule has 5 heteroatoms. The van der Waals surface area contributed by atoms with Crippen LogP contribution in [0.3, 0.4) is 0 Å². The van der Waals surface area contributed by atoms with E-state index < -0.39 is 0 Å². The van der Waals surface area contributed by atoms with E-state index in [0.717, 1.165) is 5.92 Å². The minimum atomic E-state index is -0.209. The second kappa shape index (κ2) is 10.2. The summed E-state index contributed by atoms with van der Waals surface area (Å²) in [5, 5.41) is 3.34. The van der Waals surface area contributed by atoms with Crippen LogP contribution in [-0.2, 0) is 0 Å². The maximum absolute atomic E-state index is 11.9. The van der Waals surface area contributed by atoms with Gasteiger partial charge in [-0.05, 0) is 68.2 Å². The van der Waals surface area contributed by atoms with Crippen molar-refractivity contribution in [2.45, 2.75) is 26.7 Å². The van der Waals surface area contributed by atoms with Gasteiger partial charge in [-0.25, -0.2) is 0 Å². The van der Waals surface area contributed by atoms with Crippen LogP contribution in [0.4, 0.5) is 11.4 Å². The zero-order valence-electron chi connectivity index (χ0n) is 15.5. The van der Waals surface area contributed by atoms with Crippen LogP contribution in [0, 0.1) is 5.92 Å². The van der Waals surface area contributed by atoms with Gasteiger partial charge in [0.25, 0.3) is 5.91 Å². The van der Waals surface area contributed by atoms with E-state index in [4.69, 9.17) is 17.3 Å². The van der Waals surface area contributed by atoms with Crippen molar-refractivity contribution in [3.8, 4) is 0 Å². The first-order valence-electron chi connectivity index (χ1n) is 9.09. The summed E-state index contributed by atoms with van der Waals surface area (Å²) in [4.78, 5) is 14.4. The van der Waals surface area contributed by atoms with Gasteiger partial charge < -0.3 is 16.0 Å². The predicted molar refractivity (Wildman–Crippen MR) is 111 cm³/mol. The molecule has 3 rings (SSSR count). The highest BCUT2D eigenvalue weighted by molar-refractivity contribution is 6.30. The molecule has 0 aliphatic carbocycles. The Balaban J connectivity index is 0.000000228. The molecule has 1 aliphatic heterocycles. The lowest BCUT2D eigenvalue weighted by Crippen LogP contribution is -2.23. The topological polar surface area (TPSA) is 58.4 Å². The van der Waals surface area contributed by atoms with Crippen LogP contribution in [0.25, 0.3) is 0 Å². The smallest absolute Gasteiger partial charge is 0.255 e. The van der Waals surface area contributed by atoms with Gasteiger partial charge in [0, 0.05) is 17.1 Å². The van der Waals surface area contributed by atoms with Gasteiger partial charge in [-0.2, -0.15) is 0 Å². The Morgan fingerprint density at radius 3 is 2.31 bits per heavy atom. The van der Waals surface area contributed by atoms with Crippen molar-refractivity contribution in [2.24, 2.45) is 5.92 Å². The van der Waals surface area contributed by atoms with Crippen LogP contribution in [0.1, 0.15) is 37.0 Å². The molecule has 1 aliphatic rings. The molecule has 0 saturated carbocycles. The third-order valence-electron chi connectivity index (χ3n) is 4.14. The van der Waals surface area contributed by atoms with Gasteiger partial charge in [0.05, 0.1) is 11.4 Å². The number of benzene rings is 2. The number of rotatable bonds is 4. The van der Waals surface area contributed by atoms with Crippen LogP contribution in [0.2, 0.25) is 5.02 Å². The Hall–Kier alpha value is -2.04. The number of nitrogens with zero attached hydrogens (tertiary/aromatic N) is 1. The molecule has 1 heterocycles. The lowest BCUT2D eigenvalue weighted by molar-refractivity contribution is 0.102. The number of amides is 1. The van der Waals surface area contributed by atoms with Crippen molar-refractivity contribution in [2.75, 3.05) is 30.7 Å². The molecular weight excluding hydrogens is 346 g/mol. The lowest BCUT2D eigenvalue weighted by atomic mass is 10.2. The minimum Gasteiger partial charge on any atom is -0.397 e. The Morgan fingerprint density at radius 1 is 1.12 bits per heavy atom. The van der Waals surface area contributed by atoms with Crippen molar-refractivity contribution in [3.63, 3.8) is 0 Å². The zero-order valence-corrected chi connectivity index (χ0v) is 16.3. The number of likely N-dealkylation sites (tertiary alicyclic amines) is 1. The average Bonchev–Trinajstić information content (AvgIpc) is 3.10. The van der Waals surface area contributed by atoms with E-state index in [1.807, 2.05) is 12.1 Å². The molecule has 0 atom stereocenters. The Kier molecular flexibility index (Phi) is 7.95. The molecule has 0 spiro atoms. The lowest BCUT2D eigenvalue weighted by Gasteiger charge is -2.16. The number of halogens is 1. The molecule has 1 saturated heterocycles. The fraction of sp³-hybridized carbons (Fsp3) is 0.381.